The highest BCUT2D eigenvalue weighted by atomic mass is 32.1. The molecule has 0 radical (unpaired) electrons. The van der Waals surface area contributed by atoms with Gasteiger partial charge in [0.2, 0.25) is 0 Å². The monoisotopic (exact) mass is 718 g/mol. The molecule has 2 heterocycles. The molecule has 11 rings (SSSR count). The third-order valence-corrected chi connectivity index (χ3v) is 12.1. The largest absolute Gasteiger partial charge is 0.310 e. The fraction of sp³-hybridized carbons (Fsp3) is 0. The summed E-state index contributed by atoms with van der Waals surface area (Å²) in [5.74, 6) is 0. The molecule has 0 fully saturated rings. The van der Waals surface area contributed by atoms with Gasteiger partial charge in [0, 0.05) is 53.7 Å². The Morgan fingerprint density at radius 1 is 0.364 bits per heavy atom. The predicted octanol–water partition coefficient (Wildman–Crippen LogP) is 15.1. The second-order valence-electron chi connectivity index (χ2n) is 14.1. The van der Waals surface area contributed by atoms with Crippen LogP contribution in [0.5, 0.6) is 0 Å². The maximum absolute atomic E-state index is 2.39. The highest BCUT2D eigenvalue weighted by Crippen LogP contribution is 2.43. The van der Waals surface area contributed by atoms with Gasteiger partial charge in [0.15, 0.2) is 0 Å². The van der Waals surface area contributed by atoms with Crippen LogP contribution in [0.1, 0.15) is 0 Å². The maximum Gasteiger partial charge on any atom is 0.0541 e. The average molecular weight is 719 g/mol. The fourth-order valence-corrected chi connectivity index (χ4v) is 9.57. The average Bonchev–Trinajstić information content (AvgIpc) is 3.80. The van der Waals surface area contributed by atoms with E-state index in [4.69, 9.17) is 0 Å². The molecule has 9 aromatic carbocycles. The van der Waals surface area contributed by atoms with E-state index >= 15 is 0 Å². The van der Waals surface area contributed by atoms with Gasteiger partial charge in [-0.2, -0.15) is 0 Å². The number of thiophene rings is 1. The van der Waals surface area contributed by atoms with E-state index in [1.165, 1.54) is 75.0 Å². The summed E-state index contributed by atoms with van der Waals surface area (Å²) >= 11 is 1.85. The van der Waals surface area contributed by atoms with Gasteiger partial charge in [0.25, 0.3) is 0 Å². The number of nitrogens with zero attached hydrogens (tertiary/aromatic N) is 2. The molecule has 0 unspecified atom stereocenters. The molecule has 2 aromatic heterocycles. The minimum atomic E-state index is 1.10. The highest BCUT2D eigenvalue weighted by molar-refractivity contribution is 7.25. The third-order valence-electron chi connectivity index (χ3n) is 11.0. The van der Waals surface area contributed by atoms with Crippen molar-refractivity contribution in [2.45, 2.75) is 0 Å². The predicted molar refractivity (Wildman–Crippen MR) is 237 cm³/mol. The first-order valence-electron chi connectivity index (χ1n) is 18.8. The van der Waals surface area contributed by atoms with Crippen LogP contribution in [0.25, 0.3) is 80.7 Å². The van der Waals surface area contributed by atoms with E-state index in [-0.39, 0.29) is 0 Å². The van der Waals surface area contributed by atoms with Gasteiger partial charge in [0.05, 0.1) is 11.0 Å². The van der Waals surface area contributed by atoms with Crippen LogP contribution in [0.15, 0.2) is 206 Å². The van der Waals surface area contributed by atoms with Crippen LogP contribution >= 0.6 is 11.3 Å². The van der Waals surface area contributed by atoms with Gasteiger partial charge in [-0.25, -0.2) is 0 Å². The second-order valence-corrected chi connectivity index (χ2v) is 15.2. The van der Waals surface area contributed by atoms with Crippen molar-refractivity contribution in [3.8, 4) is 27.9 Å². The van der Waals surface area contributed by atoms with Crippen molar-refractivity contribution in [3.63, 3.8) is 0 Å². The van der Waals surface area contributed by atoms with Crippen molar-refractivity contribution in [1.29, 1.82) is 0 Å². The van der Waals surface area contributed by atoms with Gasteiger partial charge in [-0.05, 0) is 106 Å². The summed E-state index contributed by atoms with van der Waals surface area (Å²) in [6.07, 6.45) is 0. The number of fused-ring (bicyclic) bond motifs is 7. The maximum atomic E-state index is 2.39. The van der Waals surface area contributed by atoms with Gasteiger partial charge in [0.1, 0.15) is 0 Å². The van der Waals surface area contributed by atoms with E-state index < -0.39 is 0 Å². The first kappa shape index (κ1) is 31.6. The molecule has 0 aliphatic carbocycles. The molecule has 0 bridgehead atoms. The molecule has 0 aliphatic rings. The molecule has 55 heavy (non-hydrogen) atoms. The Bertz CT molecular complexity index is 3130. The Hall–Kier alpha value is -6.94. The van der Waals surface area contributed by atoms with Crippen molar-refractivity contribution in [2.24, 2.45) is 0 Å². The van der Waals surface area contributed by atoms with Gasteiger partial charge >= 0.3 is 0 Å². The Morgan fingerprint density at radius 3 is 1.56 bits per heavy atom. The third kappa shape index (κ3) is 5.24. The van der Waals surface area contributed by atoms with Gasteiger partial charge in [-0.1, -0.05) is 133 Å². The molecule has 11 aromatic rings. The fourth-order valence-electron chi connectivity index (χ4n) is 8.48. The summed E-state index contributed by atoms with van der Waals surface area (Å²) in [7, 11) is 0. The van der Waals surface area contributed by atoms with E-state index in [2.05, 4.69) is 216 Å². The van der Waals surface area contributed by atoms with Gasteiger partial charge in [-0.3, -0.25) is 0 Å². The quantitative estimate of drug-likeness (QED) is 0.166. The molecular weight excluding hydrogens is 685 g/mol. The molecule has 3 heteroatoms. The molecule has 0 spiro atoms. The molecule has 258 valence electrons. The lowest BCUT2D eigenvalue weighted by Gasteiger charge is -2.26. The summed E-state index contributed by atoms with van der Waals surface area (Å²) in [5, 5.41) is 7.63. The highest BCUT2D eigenvalue weighted by Gasteiger charge is 2.18. The summed E-state index contributed by atoms with van der Waals surface area (Å²) in [6.45, 7) is 0. The van der Waals surface area contributed by atoms with Crippen molar-refractivity contribution in [1.82, 2.24) is 4.57 Å². The minimum absolute atomic E-state index is 1.10. The van der Waals surface area contributed by atoms with Crippen molar-refractivity contribution in [2.75, 3.05) is 4.90 Å². The van der Waals surface area contributed by atoms with Crippen molar-refractivity contribution >= 4 is 81.1 Å². The number of benzene rings is 9. The number of para-hydroxylation sites is 2. The first-order chi connectivity index (χ1) is 27.3. The van der Waals surface area contributed by atoms with Gasteiger partial charge in [-0.15, -0.1) is 11.3 Å². The molecule has 0 aliphatic heterocycles. The molecule has 0 atom stereocenters. The van der Waals surface area contributed by atoms with Crippen LogP contribution < -0.4 is 4.90 Å². The Balaban J connectivity index is 1.06. The lowest BCUT2D eigenvalue weighted by atomic mass is 9.91. The second kappa shape index (κ2) is 12.9. The first-order valence-corrected chi connectivity index (χ1v) is 19.6. The molecule has 0 amide bonds. The Kier molecular flexibility index (Phi) is 7.39. The summed E-state index contributed by atoms with van der Waals surface area (Å²) in [4.78, 5) is 2.39. The summed E-state index contributed by atoms with van der Waals surface area (Å²) in [5.41, 5.74) is 11.8. The van der Waals surface area contributed by atoms with E-state index in [1.54, 1.807) is 0 Å². The van der Waals surface area contributed by atoms with E-state index in [9.17, 15) is 0 Å². The van der Waals surface area contributed by atoms with Crippen LogP contribution in [-0.2, 0) is 0 Å². The Labute approximate surface area is 323 Å². The zero-order chi connectivity index (χ0) is 36.3. The minimum Gasteiger partial charge on any atom is -0.310 e. The molecule has 2 nitrogen and oxygen atoms in total. The Morgan fingerprint density at radius 2 is 0.891 bits per heavy atom. The lowest BCUT2D eigenvalue weighted by molar-refractivity contribution is 1.17. The molecule has 0 N–H and O–H groups in total. The zero-order valence-electron chi connectivity index (χ0n) is 29.9. The number of anilines is 3. The number of rotatable bonds is 6. The van der Waals surface area contributed by atoms with E-state index in [0.717, 1.165) is 22.7 Å². The smallest absolute Gasteiger partial charge is 0.0541 e. The molecule has 0 saturated carbocycles. The van der Waals surface area contributed by atoms with Crippen LogP contribution in [0, 0.1) is 0 Å². The molecular formula is C52H34N2S. The summed E-state index contributed by atoms with van der Waals surface area (Å²) < 4.78 is 4.99. The SMILES string of the molecule is c1ccc(-c2cccc3cccc(-c4ccc(N(c5ccc(-n6c7ccccc7c7ccccc76)cc5)c5ccc6sc7ccccc7c6c5)cc4)c23)cc1. The number of aromatic nitrogens is 1. The summed E-state index contributed by atoms with van der Waals surface area (Å²) in [6, 6.07) is 75.2. The van der Waals surface area contributed by atoms with E-state index in [1.807, 2.05) is 11.3 Å². The van der Waals surface area contributed by atoms with E-state index in [0.29, 0.717) is 0 Å². The van der Waals surface area contributed by atoms with Crippen LogP contribution in [0.3, 0.4) is 0 Å². The lowest BCUT2D eigenvalue weighted by Crippen LogP contribution is -2.10. The van der Waals surface area contributed by atoms with Crippen molar-refractivity contribution in [3.05, 3.63) is 206 Å². The topological polar surface area (TPSA) is 8.17 Å². The van der Waals surface area contributed by atoms with Crippen LogP contribution in [-0.4, -0.2) is 4.57 Å². The van der Waals surface area contributed by atoms with Crippen LogP contribution in [0.2, 0.25) is 0 Å². The van der Waals surface area contributed by atoms with Crippen molar-refractivity contribution < 1.29 is 0 Å². The zero-order valence-corrected chi connectivity index (χ0v) is 30.7. The standard InChI is InChI=1S/C52H34N2S/c1-2-12-35(13-3-1)42-19-10-14-37-15-11-20-43(52(37)42)36-24-26-38(27-25-36)53(41-32-33-51-47(34-41)46-18-6-9-23-50(46)55-51)39-28-30-40(31-29-39)54-48-21-7-4-16-44(48)45-17-5-8-22-49(45)54/h1-34H. The number of hydrogen-bond acceptors (Lipinski definition) is 2. The molecule has 0 saturated heterocycles. The number of hydrogen-bond donors (Lipinski definition) is 0. The normalized spacial score (nSPS) is 11.6. The van der Waals surface area contributed by atoms with Gasteiger partial charge < -0.3 is 9.47 Å². The van der Waals surface area contributed by atoms with Crippen LogP contribution in [0.4, 0.5) is 17.1 Å².